The monoisotopic (exact) mass is 675 g/mol. The summed E-state index contributed by atoms with van der Waals surface area (Å²) in [7, 11) is 5.05. The van der Waals surface area contributed by atoms with Gasteiger partial charge in [-0.05, 0) is 87.3 Å². The van der Waals surface area contributed by atoms with Crippen molar-refractivity contribution in [1.82, 2.24) is 14.1 Å². The van der Waals surface area contributed by atoms with Crippen LogP contribution in [0.3, 0.4) is 0 Å². The molecule has 0 bridgehead atoms. The van der Waals surface area contributed by atoms with Crippen LogP contribution in [0.4, 0.5) is 8.78 Å². The third-order valence-corrected chi connectivity index (χ3v) is 12.1. The number of halogens is 3. The van der Waals surface area contributed by atoms with Gasteiger partial charge in [-0.25, -0.2) is 21.5 Å². The fourth-order valence-corrected chi connectivity index (χ4v) is 8.32. The predicted octanol–water partition coefficient (Wildman–Crippen LogP) is 7.27. The molecule has 1 saturated carbocycles. The van der Waals surface area contributed by atoms with Crippen LogP contribution in [0.25, 0.3) is 21.2 Å². The first-order valence-corrected chi connectivity index (χ1v) is 17.2. The summed E-state index contributed by atoms with van der Waals surface area (Å²) < 4.78 is 61.4. The molecule has 1 fully saturated rings. The zero-order valence-corrected chi connectivity index (χ0v) is 28.2. The van der Waals surface area contributed by atoms with E-state index >= 15 is 0 Å². The molecule has 45 heavy (non-hydrogen) atoms. The maximum absolute atomic E-state index is 14.7. The molecule has 0 unspecified atom stereocenters. The second-order valence-corrected chi connectivity index (χ2v) is 15.2. The Kier molecular flexibility index (Phi) is 9.86. The van der Waals surface area contributed by atoms with Gasteiger partial charge in [-0.3, -0.25) is 4.79 Å². The second kappa shape index (κ2) is 13.3. The van der Waals surface area contributed by atoms with Crippen LogP contribution in [-0.4, -0.2) is 75.8 Å². The largest absolute Gasteiger partial charge is 0.496 e. The summed E-state index contributed by atoms with van der Waals surface area (Å²) in [5.41, 5.74) is 2.34. The zero-order chi connectivity index (χ0) is 32.6. The summed E-state index contributed by atoms with van der Waals surface area (Å²) in [6.07, 6.45) is 3.29. The molecule has 7 nitrogen and oxygen atoms in total. The number of methoxy groups -OCH3 is 1. The molecule has 1 amide bonds. The van der Waals surface area contributed by atoms with Crippen molar-refractivity contribution < 1.29 is 26.7 Å². The number of amides is 1. The molecule has 4 aromatic rings. The molecule has 1 aliphatic rings. The molecule has 0 N–H and O–H groups in total. The van der Waals surface area contributed by atoms with E-state index in [1.807, 2.05) is 32.3 Å². The third-order valence-electron chi connectivity index (χ3n) is 8.56. The Morgan fingerprint density at radius 2 is 1.51 bits per heavy atom. The van der Waals surface area contributed by atoms with Crippen molar-refractivity contribution in [2.45, 2.75) is 49.2 Å². The van der Waals surface area contributed by atoms with E-state index in [9.17, 15) is 22.0 Å². The smallest absolute Gasteiger partial charge is 0.266 e. The van der Waals surface area contributed by atoms with Gasteiger partial charge in [0.1, 0.15) is 22.3 Å². The van der Waals surface area contributed by atoms with E-state index in [2.05, 4.69) is 4.90 Å². The molecule has 12 heteroatoms. The van der Waals surface area contributed by atoms with E-state index in [1.54, 1.807) is 36.3 Å². The van der Waals surface area contributed by atoms with Crippen molar-refractivity contribution in [1.29, 1.82) is 0 Å². The Morgan fingerprint density at radius 1 is 0.911 bits per heavy atom. The van der Waals surface area contributed by atoms with Gasteiger partial charge in [0.2, 0.25) is 10.0 Å². The first-order valence-electron chi connectivity index (χ1n) is 14.6. The number of ether oxygens (including phenoxy) is 1. The molecule has 1 aromatic heterocycles. The molecule has 0 radical (unpaired) electrons. The number of rotatable bonds is 9. The van der Waals surface area contributed by atoms with Crippen molar-refractivity contribution >= 4 is 49.0 Å². The number of hydrogen-bond donors (Lipinski definition) is 0. The van der Waals surface area contributed by atoms with Crippen LogP contribution >= 0.6 is 22.9 Å². The lowest BCUT2D eigenvalue weighted by molar-refractivity contribution is 0.0573. The van der Waals surface area contributed by atoms with Crippen molar-refractivity contribution in [2.75, 3.05) is 35.3 Å². The quantitative estimate of drug-likeness (QED) is 0.187. The molecule has 5 rings (SSSR count). The molecule has 1 aliphatic carbocycles. The van der Waals surface area contributed by atoms with Gasteiger partial charge in [0.05, 0.1) is 27.1 Å². The van der Waals surface area contributed by atoms with Crippen LogP contribution in [0.2, 0.25) is 5.02 Å². The van der Waals surface area contributed by atoms with Gasteiger partial charge in [0, 0.05) is 38.3 Å². The molecule has 0 saturated heterocycles. The summed E-state index contributed by atoms with van der Waals surface area (Å²) in [6.45, 7) is 0.176. The van der Waals surface area contributed by atoms with Crippen molar-refractivity contribution in [2.24, 2.45) is 0 Å². The molecular formula is C33H36ClF2N3O4S2. The molecule has 0 atom stereocenters. The molecule has 0 spiro atoms. The van der Waals surface area contributed by atoms with Gasteiger partial charge in [0.25, 0.3) is 5.91 Å². The average Bonchev–Trinajstić information content (AvgIpc) is 3.39. The van der Waals surface area contributed by atoms with E-state index in [0.29, 0.717) is 11.8 Å². The average molecular weight is 676 g/mol. The summed E-state index contributed by atoms with van der Waals surface area (Å²) in [5, 5.41) is -0.168. The first-order chi connectivity index (χ1) is 21.3. The number of sulfonamides is 1. The topological polar surface area (TPSA) is 70.2 Å². The number of nitrogens with zero attached hydrogens (tertiary/aromatic N) is 3. The van der Waals surface area contributed by atoms with E-state index in [1.165, 1.54) is 14.1 Å². The van der Waals surface area contributed by atoms with E-state index in [4.69, 9.17) is 16.3 Å². The van der Waals surface area contributed by atoms with Crippen LogP contribution in [0.5, 0.6) is 5.75 Å². The maximum Gasteiger partial charge on any atom is 0.266 e. The molecule has 3 aromatic carbocycles. The maximum atomic E-state index is 14.7. The lowest BCUT2D eigenvalue weighted by Gasteiger charge is -2.39. The molecular weight excluding hydrogens is 640 g/mol. The van der Waals surface area contributed by atoms with Gasteiger partial charge in [-0.15, -0.1) is 11.3 Å². The minimum atomic E-state index is -3.58. The molecule has 0 aliphatic heterocycles. The summed E-state index contributed by atoms with van der Waals surface area (Å²) in [6, 6.07) is 14.6. The fourth-order valence-electron chi connectivity index (χ4n) is 5.91. The lowest BCUT2D eigenvalue weighted by atomic mass is 9.89. The first kappa shape index (κ1) is 33.3. The van der Waals surface area contributed by atoms with Crippen LogP contribution < -0.4 is 4.74 Å². The SMILES string of the molecule is COc1ccc(-c2ccc(S(=O)(=O)N(C)C)cc2)cc1CN(C(=O)c1sc2c(F)ccc(F)c2c1Cl)C1CCC(N(C)C)CC1. The van der Waals surface area contributed by atoms with Gasteiger partial charge in [0.15, 0.2) is 0 Å². The van der Waals surface area contributed by atoms with Crippen LogP contribution in [0.15, 0.2) is 59.5 Å². The lowest BCUT2D eigenvalue weighted by Crippen LogP contribution is -2.44. The normalized spacial score (nSPS) is 17.3. The number of thiophene rings is 1. The van der Waals surface area contributed by atoms with Gasteiger partial charge in [-0.2, -0.15) is 0 Å². The number of benzene rings is 3. The number of hydrogen-bond acceptors (Lipinski definition) is 6. The van der Waals surface area contributed by atoms with E-state index < -0.39 is 21.7 Å². The Balaban J connectivity index is 1.53. The molecule has 1 heterocycles. The van der Waals surface area contributed by atoms with E-state index in [0.717, 1.165) is 70.1 Å². The highest BCUT2D eigenvalue weighted by atomic mass is 35.5. The molecule has 240 valence electrons. The van der Waals surface area contributed by atoms with Gasteiger partial charge in [-0.1, -0.05) is 29.8 Å². The number of carbonyl (C=O) groups excluding carboxylic acids is 1. The highest BCUT2D eigenvalue weighted by Gasteiger charge is 2.33. The Bertz CT molecular complexity index is 1820. The summed E-state index contributed by atoms with van der Waals surface area (Å²) in [4.78, 5) is 18.5. The van der Waals surface area contributed by atoms with Crippen LogP contribution in [0, 0.1) is 11.6 Å². The fraction of sp³-hybridized carbons (Fsp3) is 0.364. The van der Waals surface area contributed by atoms with Gasteiger partial charge >= 0.3 is 0 Å². The minimum Gasteiger partial charge on any atom is -0.496 e. The highest BCUT2D eigenvalue weighted by Crippen LogP contribution is 2.41. The van der Waals surface area contributed by atoms with E-state index in [-0.39, 0.29) is 43.4 Å². The Hall–Kier alpha value is -3.09. The highest BCUT2D eigenvalue weighted by molar-refractivity contribution is 7.89. The summed E-state index contributed by atoms with van der Waals surface area (Å²) >= 11 is 7.45. The van der Waals surface area contributed by atoms with Gasteiger partial charge < -0.3 is 14.5 Å². The Morgan fingerprint density at radius 3 is 2.09 bits per heavy atom. The minimum absolute atomic E-state index is 0.0129. The number of fused-ring (bicyclic) bond motifs is 1. The standard InChI is InChI=1S/C33H36ClF2N3O4S2/c1-37(2)23-9-11-24(12-10-23)39(33(40)32-30(34)29-26(35)15-16-27(36)31(29)44-32)19-22-18-21(8-17-28(22)43-5)20-6-13-25(14-7-20)45(41,42)38(3)4/h6-8,13-18,23-24H,9-12,19H2,1-5H3. The van der Waals surface area contributed by atoms with Crippen molar-refractivity contribution in [3.05, 3.63) is 81.7 Å². The number of carbonyl (C=O) groups is 1. The zero-order valence-electron chi connectivity index (χ0n) is 25.8. The summed E-state index contributed by atoms with van der Waals surface area (Å²) in [5.74, 6) is -1.12. The second-order valence-electron chi connectivity index (χ2n) is 11.7. The van der Waals surface area contributed by atoms with Crippen molar-refractivity contribution in [3.63, 3.8) is 0 Å². The van der Waals surface area contributed by atoms with Crippen LogP contribution in [-0.2, 0) is 16.6 Å². The van der Waals surface area contributed by atoms with Crippen LogP contribution in [0.1, 0.15) is 40.9 Å². The van der Waals surface area contributed by atoms with Crippen molar-refractivity contribution in [3.8, 4) is 16.9 Å². The Labute approximate surface area is 272 Å². The third kappa shape index (κ3) is 6.59. The predicted molar refractivity (Wildman–Crippen MR) is 176 cm³/mol.